The highest BCUT2D eigenvalue weighted by molar-refractivity contribution is 7.91. The Morgan fingerprint density at radius 3 is 2.23 bits per heavy atom. The maximum atomic E-state index is 13.1. The van der Waals surface area contributed by atoms with Gasteiger partial charge in [0.1, 0.15) is 9.84 Å². The maximum absolute atomic E-state index is 13.1. The number of fused-ring (bicyclic) bond motifs is 1. The van der Waals surface area contributed by atoms with Crippen molar-refractivity contribution in [3.63, 3.8) is 0 Å². The number of carbonyl (C=O) groups excluding carboxylic acids is 2. The predicted molar refractivity (Wildman–Crippen MR) is 115 cm³/mol. The predicted octanol–water partition coefficient (Wildman–Crippen LogP) is 2.34. The summed E-state index contributed by atoms with van der Waals surface area (Å²) in [5.74, 6) is 0.549. The Kier molecular flexibility index (Phi) is 4.61. The molecular weight excluding hydrogens is 400 g/mol. The molecule has 2 aliphatic heterocycles. The van der Waals surface area contributed by atoms with Gasteiger partial charge in [-0.05, 0) is 41.5 Å². The van der Waals surface area contributed by atoms with E-state index in [1.165, 1.54) is 0 Å². The molecule has 6 nitrogen and oxygen atoms in total. The summed E-state index contributed by atoms with van der Waals surface area (Å²) >= 11 is 0. The molecule has 0 radical (unpaired) electrons. The first-order valence-corrected chi connectivity index (χ1v) is 12.5. The highest BCUT2D eigenvalue weighted by Crippen LogP contribution is 2.60. The van der Waals surface area contributed by atoms with Gasteiger partial charge in [-0.25, -0.2) is 8.42 Å². The van der Waals surface area contributed by atoms with Crippen LogP contribution < -0.4 is 0 Å². The minimum Gasteiger partial charge on any atom is -0.339 e. The van der Waals surface area contributed by atoms with Crippen molar-refractivity contribution in [3.8, 4) is 0 Å². The Morgan fingerprint density at radius 1 is 0.867 bits per heavy atom. The van der Waals surface area contributed by atoms with Crippen molar-refractivity contribution < 1.29 is 18.0 Å². The Labute approximate surface area is 176 Å². The second kappa shape index (κ2) is 7.08. The molecule has 5 rings (SSSR count). The van der Waals surface area contributed by atoms with Crippen LogP contribution in [0.3, 0.4) is 0 Å². The number of hydrogen-bond donors (Lipinski definition) is 0. The Balaban J connectivity index is 1.22. The van der Waals surface area contributed by atoms with E-state index in [2.05, 4.69) is 0 Å². The first-order valence-electron chi connectivity index (χ1n) is 10.6. The van der Waals surface area contributed by atoms with Crippen LogP contribution in [0.4, 0.5) is 0 Å². The van der Waals surface area contributed by atoms with Crippen molar-refractivity contribution in [1.29, 1.82) is 0 Å². The first kappa shape index (κ1) is 19.5. The molecule has 1 atom stereocenters. The van der Waals surface area contributed by atoms with Gasteiger partial charge in [0.15, 0.2) is 0 Å². The summed E-state index contributed by atoms with van der Waals surface area (Å²) in [4.78, 5) is 29.8. The topological polar surface area (TPSA) is 74.8 Å². The van der Waals surface area contributed by atoms with E-state index in [1.54, 1.807) is 0 Å². The molecule has 1 aliphatic carbocycles. The molecular formula is C23H26N2O4S. The Bertz CT molecular complexity index is 1100. The van der Waals surface area contributed by atoms with Gasteiger partial charge in [0.25, 0.3) is 5.91 Å². The van der Waals surface area contributed by atoms with Crippen molar-refractivity contribution in [3.05, 3.63) is 48.0 Å². The molecule has 7 heteroatoms. The summed E-state index contributed by atoms with van der Waals surface area (Å²) in [6.45, 7) is 2.14. The molecule has 2 saturated heterocycles. The number of sulfone groups is 1. The Morgan fingerprint density at radius 2 is 1.50 bits per heavy atom. The van der Waals surface area contributed by atoms with Crippen LogP contribution in [-0.2, 0) is 14.6 Å². The molecule has 1 unspecified atom stereocenters. The SMILES string of the molecule is O=C(c1cccc2ccccc12)N1CCN(C(=O)C2CC23CCS(=O)(=O)CC3)CC1. The van der Waals surface area contributed by atoms with Crippen LogP contribution in [0.1, 0.15) is 29.6 Å². The minimum absolute atomic E-state index is 0.0132. The van der Waals surface area contributed by atoms with Gasteiger partial charge in [-0.1, -0.05) is 36.4 Å². The van der Waals surface area contributed by atoms with Crippen molar-refractivity contribution >= 4 is 32.4 Å². The quantitative estimate of drug-likeness (QED) is 0.739. The van der Waals surface area contributed by atoms with Crippen LogP contribution in [-0.4, -0.2) is 67.7 Å². The summed E-state index contributed by atoms with van der Waals surface area (Å²) in [7, 11) is -2.92. The van der Waals surface area contributed by atoms with E-state index in [9.17, 15) is 18.0 Å². The van der Waals surface area contributed by atoms with Crippen LogP contribution in [0.15, 0.2) is 42.5 Å². The smallest absolute Gasteiger partial charge is 0.254 e. The summed E-state index contributed by atoms with van der Waals surface area (Å²) in [6.07, 6.45) is 2.05. The summed E-state index contributed by atoms with van der Waals surface area (Å²) in [5.41, 5.74) is 0.621. The lowest BCUT2D eigenvalue weighted by molar-refractivity contribution is -0.135. The lowest BCUT2D eigenvalue weighted by atomic mass is 9.95. The lowest BCUT2D eigenvalue weighted by Gasteiger charge is -2.35. The molecule has 2 heterocycles. The lowest BCUT2D eigenvalue weighted by Crippen LogP contribution is -2.51. The average Bonchev–Trinajstić information content (AvgIpc) is 3.49. The van der Waals surface area contributed by atoms with Gasteiger partial charge in [-0.3, -0.25) is 9.59 Å². The second-order valence-electron chi connectivity index (χ2n) is 8.92. The number of benzene rings is 2. The zero-order valence-electron chi connectivity index (χ0n) is 16.9. The van der Waals surface area contributed by atoms with E-state index in [-0.39, 0.29) is 34.7 Å². The number of rotatable bonds is 2. The van der Waals surface area contributed by atoms with Crippen molar-refractivity contribution in [2.75, 3.05) is 37.7 Å². The van der Waals surface area contributed by atoms with E-state index in [0.29, 0.717) is 44.6 Å². The molecule has 0 N–H and O–H groups in total. The van der Waals surface area contributed by atoms with E-state index >= 15 is 0 Å². The van der Waals surface area contributed by atoms with Crippen LogP contribution in [0.25, 0.3) is 10.8 Å². The van der Waals surface area contributed by atoms with E-state index in [0.717, 1.165) is 17.2 Å². The molecule has 1 spiro atoms. The van der Waals surface area contributed by atoms with Crippen LogP contribution in [0, 0.1) is 11.3 Å². The monoisotopic (exact) mass is 426 g/mol. The summed E-state index contributed by atoms with van der Waals surface area (Å²) in [5, 5.41) is 2.00. The van der Waals surface area contributed by atoms with Gasteiger partial charge >= 0.3 is 0 Å². The van der Waals surface area contributed by atoms with E-state index < -0.39 is 9.84 Å². The molecule has 3 aliphatic rings. The van der Waals surface area contributed by atoms with Gasteiger partial charge in [0.05, 0.1) is 11.5 Å². The van der Waals surface area contributed by atoms with Crippen molar-refractivity contribution in [2.24, 2.45) is 11.3 Å². The molecule has 158 valence electrons. The number of hydrogen-bond acceptors (Lipinski definition) is 4. The number of piperazine rings is 1. The van der Waals surface area contributed by atoms with Gasteiger partial charge < -0.3 is 9.80 Å². The third-order valence-corrected chi connectivity index (χ3v) is 8.86. The minimum atomic E-state index is -2.92. The molecule has 1 saturated carbocycles. The number of carbonyl (C=O) groups is 2. The van der Waals surface area contributed by atoms with E-state index in [4.69, 9.17) is 0 Å². The third-order valence-electron chi connectivity index (χ3n) is 7.21. The molecule has 2 aromatic rings. The zero-order valence-corrected chi connectivity index (χ0v) is 17.7. The van der Waals surface area contributed by atoms with Crippen LogP contribution in [0.5, 0.6) is 0 Å². The van der Waals surface area contributed by atoms with Gasteiger partial charge in [-0.15, -0.1) is 0 Å². The average molecular weight is 427 g/mol. The third kappa shape index (κ3) is 3.39. The Hall–Kier alpha value is -2.41. The highest BCUT2D eigenvalue weighted by Gasteiger charge is 2.60. The van der Waals surface area contributed by atoms with Crippen LogP contribution >= 0.6 is 0 Å². The fourth-order valence-corrected chi connectivity index (χ4v) is 6.77. The number of nitrogens with zero attached hydrogens (tertiary/aromatic N) is 2. The molecule has 0 aromatic heterocycles. The highest BCUT2D eigenvalue weighted by atomic mass is 32.2. The molecule has 2 aromatic carbocycles. The maximum Gasteiger partial charge on any atom is 0.254 e. The van der Waals surface area contributed by atoms with E-state index in [1.807, 2.05) is 52.3 Å². The molecule has 2 amide bonds. The molecule has 30 heavy (non-hydrogen) atoms. The van der Waals surface area contributed by atoms with Crippen molar-refractivity contribution in [2.45, 2.75) is 19.3 Å². The summed E-state index contributed by atoms with van der Waals surface area (Å²) < 4.78 is 23.4. The first-order chi connectivity index (χ1) is 14.4. The van der Waals surface area contributed by atoms with Crippen LogP contribution in [0.2, 0.25) is 0 Å². The standard InChI is InChI=1S/C23H26N2O4S/c26-21(19-7-3-5-17-4-1-2-6-18(17)19)24-10-12-25(13-11-24)22(27)20-16-23(20)8-14-30(28,29)15-9-23/h1-7,20H,8-16H2. The van der Waals surface area contributed by atoms with Crippen molar-refractivity contribution in [1.82, 2.24) is 9.80 Å². The molecule has 3 fully saturated rings. The van der Waals surface area contributed by atoms with Gasteiger partial charge in [0.2, 0.25) is 5.91 Å². The largest absolute Gasteiger partial charge is 0.339 e. The van der Waals surface area contributed by atoms with Gasteiger partial charge in [-0.2, -0.15) is 0 Å². The van der Waals surface area contributed by atoms with Gasteiger partial charge in [0, 0.05) is 37.7 Å². The second-order valence-corrected chi connectivity index (χ2v) is 11.2. The fourth-order valence-electron chi connectivity index (χ4n) is 5.13. The summed E-state index contributed by atoms with van der Waals surface area (Å²) in [6, 6.07) is 13.7. The normalized spacial score (nSPS) is 24.7. The molecule has 0 bridgehead atoms. The zero-order chi connectivity index (χ0) is 20.9. The number of amides is 2. The fraction of sp³-hybridized carbons (Fsp3) is 0.478.